The van der Waals surface area contributed by atoms with Gasteiger partial charge < -0.3 is 11.2 Å². The third-order valence-electron chi connectivity index (χ3n) is 4.05. The number of hydrazine groups is 2. The standard InChI is InChI=1S/C16H15IN4/c17-21-16-11-6-2-1-5-10(11)9-14(18)12-7-3-4-8-13(12)15(16)19-20-21/h1-8,14,19-20H,9,18H2. The third kappa shape index (κ3) is 2.04. The van der Waals surface area contributed by atoms with Crippen molar-refractivity contribution in [2.45, 2.75) is 12.5 Å². The predicted octanol–water partition coefficient (Wildman–Crippen LogP) is 2.74. The molecule has 4 N–H and O–H groups in total. The second kappa shape index (κ2) is 5.01. The Bertz CT molecular complexity index is 741. The summed E-state index contributed by atoms with van der Waals surface area (Å²) in [5, 5.41) is 0. The average molecular weight is 390 g/mol. The summed E-state index contributed by atoms with van der Waals surface area (Å²) in [6.07, 6.45) is 0.842. The van der Waals surface area contributed by atoms with Crippen LogP contribution in [0.15, 0.2) is 48.5 Å². The molecule has 2 aliphatic rings. The molecular weight excluding hydrogens is 375 g/mol. The molecule has 0 saturated heterocycles. The number of hydrogen-bond acceptors (Lipinski definition) is 4. The van der Waals surface area contributed by atoms with Crippen LogP contribution in [-0.2, 0) is 6.42 Å². The second-order valence-electron chi connectivity index (χ2n) is 5.30. The van der Waals surface area contributed by atoms with E-state index in [0.717, 1.165) is 17.8 Å². The van der Waals surface area contributed by atoms with Gasteiger partial charge in [0.2, 0.25) is 0 Å². The molecular formula is C16H15IN4. The second-order valence-corrected chi connectivity index (χ2v) is 6.26. The lowest BCUT2D eigenvalue weighted by Crippen LogP contribution is -2.30. The molecule has 21 heavy (non-hydrogen) atoms. The van der Waals surface area contributed by atoms with Crippen LogP contribution < -0.4 is 16.7 Å². The van der Waals surface area contributed by atoms with E-state index < -0.39 is 0 Å². The minimum absolute atomic E-state index is 0.00135. The third-order valence-corrected chi connectivity index (χ3v) is 4.78. The molecule has 1 atom stereocenters. The van der Waals surface area contributed by atoms with Gasteiger partial charge in [0, 0.05) is 17.2 Å². The Hall–Kier alpha value is -1.57. The molecule has 0 spiro atoms. The van der Waals surface area contributed by atoms with Gasteiger partial charge in [-0.1, -0.05) is 48.5 Å². The fraction of sp³-hybridized carbons (Fsp3) is 0.125. The van der Waals surface area contributed by atoms with Crippen LogP contribution in [0.25, 0.3) is 11.4 Å². The van der Waals surface area contributed by atoms with Gasteiger partial charge in [-0.25, -0.2) is 3.22 Å². The summed E-state index contributed by atoms with van der Waals surface area (Å²) in [6, 6.07) is 16.8. The topological polar surface area (TPSA) is 53.3 Å². The molecule has 0 aromatic heterocycles. The quantitative estimate of drug-likeness (QED) is 0.479. The normalized spacial score (nSPS) is 20.1. The number of fused-ring (bicyclic) bond motifs is 4. The Labute approximate surface area is 137 Å². The molecule has 106 valence electrons. The first-order chi connectivity index (χ1) is 10.3. The van der Waals surface area contributed by atoms with Gasteiger partial charge in [0.15, 0.2) is 0 Å². The van der Waals surface area contributed by atoms with E-state index in [2.05, 4.69) is 82.4 Å². The summed E-state index contributed by atoms with van der Waals surface area (Å²) >= 11 is 2.27. The molecule has 0 radical (unpaired) electrons. The van der Waals surface area contributed by atoms with Crippen LogP contribution in [-0.4, -0.2) is 3.22 Å². The molecule has 1 aliphatic carbocycles. The van der Waals surface area contributed by atoms with Crippen molar-refractivity contribution in [3.8, 4) is 0 Å². The molecule has 4 nitrogen and oxygen atoms in total. The van der Waals surface area contributed by atoms with Crippen molar-refractivity contribution in [2.75, 3.05) is 0 Å². The Morgan fingerprint density at radius 2 is 1.76 bits per heavy atom. The van der Waals surface area contributed by atoms with Crippen molar-refractivity contribution in [3.63, 3.8) is 0 Å². The average Bonchev–Trinajstić information content (AvgIpc) is 2.88. The largest absolute Gasteiger partial charge is 0.324 e. The van der Waals surface area contributed by atoms with Gasteiger partial charge in [-0.3, -0.25) is 0 Å². The zero-order valence-electron chi connectivity index (χ0n) is 11.3. The van der Waals surface area contributed by atoms with Crippen LogP contribution >= 0.6 is 22.9 Å². The number of nitrogens with two attached hydrogens (primary N) is 1. The lowest BCUT2D eigenvalue weighted by atomic mass is 9.87. The van der Waals surface area contributed by atoms with Crippen LogP contribution in [0.5, 0.6) is 0 Å². The van der Waals surface area contributed by atoms with E-state index in [4.69, 9.17) is 5.73 Å². The number of nitrogens with zero attached hydrogens (tertiary/aromatic N) is 1. The molecule has 0 bridgehead atoms. The molecule has 1 aliphatic heterocycles. The summed E-state index contributed by atoms with van der Waals surface area (Å²) < 4.78 is 2.00. The molecule has 4 rings (SSSR count). The smallest absolute Gasteiger partial charge is 0.0978 e. The van der Waals surface area contributed by atoms with Crippen LogP contribution in [0.1, 0.15) is 28.3 Å². The number of halogens is 1. The molecule has 1 heterocycles. The van der Waals surface area contributed by atoms with Crippen molar-refractivity contribution in [1.82, 2.24) is 14.2 Å². The first kappa shape index (κ1) is 13.1. The van der Waals surface area contributed by atoms with Crippen molar-refractivity contribution in [3.05, 3.63) is 70.8 Å². The van der Waals surface area contributed by atoms with E-state index in [9.17, 15) is 0 Å². The van der Waals surface area contributed by atoms with Gasteiger partial charge in [0.05, 0.1) is 34.3 Å². The van der Waals surface area contributed by atoms with Gasteiger partial charge in [0.1, 0.15) is 0 Å². The van der Waals surface area contributed by atoms with Crippen molar-refractivity contribution < 1.29 is 0 Å². The first-order valence-corrected chi connectivity index (χ1v) is 7.87. The zero-order valence-corrected chi connectivity index (χ0v) is 13.5. The molecule has 5 heteroatoms. The van der Waals surface area contributed by atoms with Crippen LogP contribution in [0.4, 0.5) is 0 Å². The molecule has 0 saturated carbocycles. The monoisotopic (exact) mass is 390 g/mol. The fourth-order valence-corrected chi connectivity index (χ4v) is 3.70. The van der Waals surface area contributed by atoms with Gasteiger partial charge >= 0.3 is 0 Å². The first-order valence-electron chi connectivity index (χ1n) is 6.90. The summed E-state index contributed by atoms with van der Waals surface area (Å²) in [5.41, 5.74) is 20.0. The van der Waals surface area contributed by atoms with E-state index in [1.165, 1.54) is 22.3 Å². The lowest BCUT2D eigenvalue weighted by molar-refractivity contribution is 0.496. The van der Waals surface area contributed by atoms with Gasteiger partial charge in [-0.05, 0) is 17.5 Å². The Morgan fingerprint density at radius 1 is 1.05 bits per heavy atom. The summed E-state index contributed by atoms with van der Waals surface area (Å²) in [6.45, 7) is 0. The van der Waals surface area contributed by atoms with Crippen LogP contribution in [0.2, 0.25) is 0 Å². The van der Waals surface area contributed by atoms with Gasteiger partial charge in [-0.15, -0.1) is 5.53 Å². The van der Waals surface area contributed by atoms with E-state index >= 15 is 0 Å². The van der Waals surface area contributed by atoms with E-state index in [-0.39, 0.29) is 6.04 Å². The minimum atomic E-state index is 0.00135. The maximum Gasteiger partial charge on any atom is 0.0978 e. The van der Waals surface area contributed by atoms with Crippen molar-refractivity contribution in [2.24, 2.45) is 5.73 Å². The Kier molecular flexibility index (Phi) is 3.13. The van der Waals surface area contributed by atoms with Crippen molar-refractivity contribution >= 4 is 34.3 Å². The highest BCUT2D eigenvalue weighted by atomic mass is 127. The zero-order chi connectivity index (χ0) is 14.4. The molecule has 2 aromatic rings. The summed E-state index contributed by atoms with van der Waals surface area (Å²) in [5.74, 6) is 0. The highest BCUT2D eigenvalue weighted by Gasteiger charge is 2.29. The van der Waals surface area contributed by atoms with E-state index in [1.54, 1.807) is 0 Å². The lowest BCUT2D eigenvalue weighted by Gasteiger charge is -2.23. The molecule has 2 aromatic carbocycles. The predicted molar refractivity (Wildman–Crippen MR) is 92.5 cm³/mol. The maximum atomic E-state index is 6.46. The molecule has 0 fully saturated rings. The fourth-order valence-electron chi connectivity index (χ4n) is 3.08. The van der Waals surface area contributed by atoms with E-state index in [0.29, 0.717) is 0 Å². The molecule has 0 amide bonds. The number of nitrogens with one attached hydrogen (secondary N) is 2. The molecule has 1 unspecified atom stereocenters. The summed E-state index contributed by atoms with van der Waals surface area (Å²) in [7, 11) is 0. The number of rotatable bonds is 0. The SMILES string of the molecule is NC1Cc2ccccc2C2=C(NNN2I)c2ccccc21. The van der Waals surface area contributed by atoms with Crippen LogP contribution in [0.3, 0.4) is 0 Å². The minimum Gasteiger partial charge on any atom is -0.324 e. The Balaban J connectivity index is 2.05. The van der Waals surface area contributed by atoms with E-state index in [1.807, 2.05) is 3.22 Å². The highest BCUT2D eigenvalue weighted by Crippen LogP contribution is 2.39. The summed E-state index contributed by atoms with van der Waals surface area (Å²) in [4.78, 5) is 0. The van der Waals surface area contributed by atoms with Gasteiger partial charge in [-0.2, -0.15) is 0 Å². The number of benzene rings is 2. The van der Waals surface area contributed by atoms with Gasteiger partial charge in [0.25, 0.3) is 0 Å². The highest BCUT2D eigenvalue weighted by molar-refractivity contribution is 14.1. The maximum absolute atomic E-state index is 6.46. The van der Waals surface area contributed by atoms with Crippen molar-refractivity contribution in [1.29, 1.82) is 0 Å². The number of hydrogen-bond donors (Lipinski definition) is 3. The Morgan fingerprint density at radius 3 is 2.62 bits per heavy atom. The van der Waals surface area contributed by atoms with Crippen LogP contribution in [0, 0.1) is 0 Å².